The molecule has 0 saturated carbocycles. The highest BCUT2D eigenvalue weighted by Crippen LogP contribution is 2.39. The van der Waals surface area contributed by atoms with Gasteiger partial charge in [-0.3, -0.25) is 0 Å². The molecule has 690 valence electrons. The third-order valence-electron chi connectivity index (χ3n) is 22.9. The van der Waals surface area contributed by atoms with Crippen molar-refractivity contribution in [2.45, 2.75) is 372 Å². The number of carbonyl (C=O) groups excluding carboxylic acids is 1. The van der Waals surface area contributed by atoms with Gasteiger partial charge in [0, 0.05) is 5.57 Å². The molecule has 0 aromatic rings. The third-order valence-corrected chi connectivity index (χ3v) is 22.9. The molecule has 38 nitrogen and oxygen atoms in total. The molecule has 0 aromatic carbocycles. The minimum Gasteiger partial charge on any atom is -0.451 e. The van der Waals surface area contributed by atoms with Crippen LogP contribution in [0.2, 0.25) is 0 Å². The minimum absolute atomic E-state index is 0.0718. The van der Waals surface area contributed by atoms with E-state index in [9.17, 15) is 117 Å². The van der Waals surface area contributed by atoms with E-state index in [1.54, 1.807) is 27.7 Å². The van der Waals surface area contributed by atoms with Crippen LogP contribution in [0.1, 0.15) is 140 Å². The topological polar surface area (TPSA) is 601 Å². The standard InChI is InChI=1S/C82H134O38/c1-13-81(11,119-79-71(62(98)56(92)49(34-85)112-79)117-76-66(102)59(95)54(90)47(32-83)110-76)28-18-26-39(4)21-15-20-38(3)23-17-25-42(7)36-106-75-68(104)64(100)69(51(114-75)37-107-74-65(101)58(94)52(88)44(9)108-74)116-78-70(61(97)53(89)45(10)109-78)115-73(105)43(8)31-46(87)30-41(6)24-16-22-40(5)27-19-29-82(12,14-2)120-80-72(63(99)57(93)50(35-86)113-80)118-77-67(103)60(96)55(91)48(33-84)111-77/h13-14,20,24-27,31,44-72,74-80,83-104H,1-2,15-19,21-23,28-30,32-37H2,3-12H3/b38-20+,39-26+,40-27+,41-24-,42-25-,43-31+/t44-,45-,46-,47+,48+,49+,50+,51+,52-,53-,54+,55+,56+,57-,58+,59-,60-,61+,62-,63-,64+,65+,66+,67+,68+,69+,70+,71+,72+,74+,75+,76-,77-,78-,79-,80-,81+,82-/m0/s1. The van der Waals surface area contributed by atoms with Crippen molar-refractivity contribution in [3.63, 3.8) is 0 Å². The van der Waals surface area contributed by atoms with Gasteiger partial charge in [0.1, 0.15) is 153 Å². The molecule has 0 aliphatic carbocycles. The lowest BCUT2D eigenvalue weighted by atomic mass is 9.95. The zero-order chi connectivity index (χ0) is 89.1. The summed E-state index contributed by atoms with van der Waals surface area (Å²) < 4.78 is 88.7. The van der Waals surface area contributed by atoms with Crippen molar-refractivity contribution in [1.29, 1.82) is 0 Å². The van der Waals surface area contributed by atoms with Crippen LogP contribution in [0.5, 0.6) is 0 Å². The Morgan fingerprint density at radius 1 is 0.375 bits per heavy atom. The Morgan fingerprint density at radius 3 is 1.15 bits per heavy atom. The summed E-state index contributed by atoms with van der Waals surface area (Å²) in [5.74, 6) is -1.07. The van der Waals surface area contributed by atoms with Gasteiger partial charge in [-0.15, -0.1) is 13.2 Å². The monoisotopic (exact) mass is 1730 g/mol. The van der Waals surface area contributed by atoms with Crippen LogP contribution in [0, 0.1) is 0 Å². The van der Waals surface area contributed by atoms with Crippen molar-refractivity contribution in [3.8, 4) is 0 Å². The summed E-state index contributed by atoms with van der Waals surface area (Å²) in [4.78, 5) is 13.9. The maximum atomic E-state index is 13.9. The molecule has 0 aromatic heterocycles. The van der Waals surface area contributed by atoms with Crippen molar-refractivity contribution >= 4 is 5.97 Å². The Kier molecular flexibility index (Phi) is 40.9. The summed E-state index contributed by atoms with van der Waals surface area (Å²) in [5.41, 5.74) is 2.11. The highest BCUT2D eigenvalue weighted by molar-refractivity contribution is 5.88. The summed E-state index contributed by atoms with van der Waals surface area (Å²) in [6.07, 6.45) is -38.6. The van der Waals surface area contributed by atoms with Crippen LogP contribution in [-0.4, -0.2) is 390 Å². The predicted molar refractivity (Wildman–Crippen MR) is 418 cm³/mol. The number of aliphatic hydroxyl groups excluding tert-OH is 22. The van der Waals surface area contributed by atoms with E-state index in [2.05, 4.69) is 19.2 Å². The van der Waals surface area contributed by atoms with Crippen LogP contribution in [-0.2, 0) is 75.8 Å². The maximum Gasteiger partial charge on any atom is 0.334 e. The first-order chi connectivity index (χ1) is 56.6. The number of carbonyl (C=O) groups is 1. The van der Waals surface area contributed by atoms with Gasteiger partial charge in [0.05, 0.1) is 69.2 Å². The molecule has 120 heavy (non-hydrogen) atoms. The van der Waals surface area contributed by atoms with Gasteiger partial charge in [0.2, 0.25) is 0 Å². The van der Waals surface area contributed by atoms with E-state index >= 15 is 0 Å². The molecule has 7 aliphatic rings. The molecule has 0 radical (unpaired) electrons. The van der Waals surface area contributed by atoms with Crippen molar-refractivity contribution in [2.24, 2.45) is 0 Å². The molecule has 7 fully saturated rings. The van der Waals surface area contributed by atoms with Gasteiger partial charge in [-0.2, -0.15) is 0 Å². The number of rotatable bonds is 42. The first kappa shape index (κ1) is 103. The van der Waals surface area contributed by atoms with Crippen molar-refractivity contribution in [1.82, 2.24) is 0 Å². The Labute approximate surface area is 698 Å². The lowest BCUT2D eigenvalue weighted by Crippen LogP contribution is -2.65. The Hall–Kier alpha value is -4.05. The van der Waals surface area contributed by atoms with Crippen LogP contribution in [0.15, 0.2) is 95.2 Å². The summed E-state index contributed by atoms with van der Waals surface area (Å²) in [5, 5.41) is 235. The van der Waals surface area contributed by atoms with E-state index < -0.39 is 271 Å². The number of hydrogen-bond acceptors (Lipinski definition) is 38. The Morgan fingerprint density at radius 2 is 0.708 bits per heavy atom. The fourth-order valence-electron chi connectivity index (χ4n) is 14.8. The van der Waals surface area contributed by atoms with Crippen LogP contribution in [0.25, 0.3) is 0 Å². The second-order valence-corrected chi connectivity index (χ2v) is 32.9. The summed E-state index contributed by atoms with van der Waals surface area (Å²) in [6, 6.07) is 0. The zero-order valence-corrected chi connectivity index (χ0v) is 69.7. The highest BCUT2D eigenvalue weighted by Gasteiger charge is 2.57. The molecule has 38 atom stereocenters. The maximum absolute atomic E-state index is 13.9. The number of aliphatic hydroxyl groups is 22. The average molecular weight is 1730 g/mol. The molecule has 7 saturated heterocycles. The number of esters is 1. The van der Waals surface area contributed by atoms with Crippen LogP contribution in [0.4, 0.5) is 0 Å². The second kappa shape index (κ2) is 47.7. The van der Waals surface area contributed by atoms with Crippen LogP contribution in [0.3, 0.4) is 0 Å². The van der Waals surface area contributed by atoms with Gasteiger partial charge in [-0.1, -0.05) is 70.4 Å². The molecule has 7 rings (SSSR count). The van der Waals surface area contributed by atoms with E-state index in [1.165, 1.54) is 39.0 Å². The van der Waals surface area contributed by atoms with E-state index in [1.807, 2.05) is 45.1 Å². The summed E-state index contributed by atoms with van der Waals surface area (Å²) >= 11 is 0. The molecule has 0 bridgehead atoms. The average Bonchev–Trinajstić information content (AvgIpc) is 0.786. The molecule has 0 spiro atoms. The number of allylic oxidation sites excluding steroid dienone is 8. The van der Waals surface area contributed by atoms with E-state index in [0.29, 0.717) is 63.4 Å². The number of ether oxygens (including phenoxy) is 15. The normalized spacial score (nSPS) is 41.1. The van der Waals surface area contributed by atoms with Crippen molar-refractivity contribution in [3.05, 3.63) is 95.2 Å². The zero-order valence-electron chi connectivity index (χ0n) is 69.7. The second-order valence-electron chi connectivity index (χ2n) is 32.9. The Balaban J connectivity index is 0.909. The van der Waals surface area contributed by atoms with Crippen LogP contribution >= 0.6 is 0 Å². The molecule has 7 aliphatic heterocycles. The van der Waals surface area contributed by atoms with E-state index in [4.69, 9.17) is 71.1 Å². The van der Waals surface area contributed by atoms with Gasteiger partial charge >= 0.3 is 5.97 Å². The minimum atomic E-state index is -1.91. The van der Waals surface area contributed by atoms with E-state index in [0.717, 1.165) is 22.3 Å². The summed E-state index contributed by atoms with van der Waals surface area (Å²) in [6.45, 7) is 21.2. The van der Waals surface area contributed by atoms with E-state index in [-0.39, 0.29) is 25.0 Å². The van der Waals surface area contributed by atoms with Crippen molar-refractivity contribution < 1.29 is 188 Å². The van der Waals surface area contributed by atoms with Gasteiger partial charge in [-0.25, -0.2) is 4.79 Å². The molecule has 0 unspecified atom stereocenters. The van der Waals surface area contributed by atoms with Gasteiger partial charge in [-0.05, 0) is 146 Å². The molecule has 38 heteroatoms. The molecular weight excluding hydrogens is 1590 g/mol. The van der Waals surface area contributed by atoms with Gasteiger partial charge < -0.3 is 183 Å². The lowest BCUT2D eigenvalue weighted by molar-refractivity contribution is -0.375. The first-order valence-electron chi connectivity index (χ1n) is 40.9. The fourth-order valence-corrected chi connectivity index (χ4v) is 14.8. The molecule has 7 heterocycles. The van der Waals surface area contributed by atoms with Gasteiger partial charge in [0.25, 0.3) is 0 Å². The largest absolute Gasteiger partial charge is 0.451 e. The van der Waals surface area contributed by atoms with Crippen molar-refractivity contribution in [2.75, 3.05) is 39.6 Å². The smallest absolute Gasteiger partial charge is 0.334 e. The lowest BCUT2D eigenvalue weighted by Gasteiger charge is -2.47. The third kappa shape index (κ3) is 27.5. The van der Waals surface area contributed by atoms with Crippen LogP contribution < -0.4 is 0 Å². The quantitative estimate of drug-likeness (QED) is 0.0161. The van der Waals surface area contributed by atoms with Gasteiger partial charge in [0.15, 0.2) is 50.1 Å². The first-order valence-corrected chi connectivity index (χ1v) is 40.9. The molecule has 0 amide bonds. The highest BCUT2D eigenvalue weighted by atomic mass is 16.8. The summed E-state index contributed by atoms with van der Waals surface area (Å²) in [7, 11) is 0. The predicted octanol–water partition coefficient (Wildman–Crippen LogP) is -3.44. The SMILES string of the molecule is C=C[C@@](C)(CC/C=C(\C)CC/C=C(/C)C[C@H](O)/C=C(\C)C(=O)O[C@H]1[C@H](O[C@H]2[C@H](O)[C@@H](O)[C@H](OC/C(C)=C\CC/C(C)=C/CC/C(C)=C/CC[C@@](C)(C=C)O[C@@H]3O[C@H](CO)[C@@H](O)[C@H](O)[C@H]3O[C@@H]3O[C@H](CO)[C@@H](O)[C@H](O)[C@H]3O)O[C@@H]2CO[C@@H]2O[C@@H](C)[C@H](O)[C@@H](O)[C@H]2O)O[C@@H](C)[C@H](O)[C@H]1O)O[C@@H]1O[C@H](CO)[C@H](O)[C@H](O)[C@H]1O[C@@H]1O[C@H](CO)[C@@H](O)[C@H](O)[C@H]1O. The molecule has 22 N–H and O–H groups in total. The Bertz CT molecular complexity index is 3340. The number of hydrogen-bond donors (Lipinski definition) is 22. The fraction of sp³-hybridized carbons (Fsp3) is 0.793. The molecular formula is C82H134O38.